The molecule has 0 spiro atoms. The Labute approximate surface area is 97.3 Å². The predicted octanol–water partition coefficient (Wildman–Crippen LogP) is 0.348. The van der Waals surface area contributed by atoms with E-state index in [4.69, 9.17) is 0 Å². The lowest BCUT2D eigenvalue weighted by Gasteiger charge is -2.27. The molecule has 1 atom stereocenters. The Morgan fingerprint density at radius 3 is 2.25 bits per heavy atom. The molecule has 0 aliphatic heterocycles. The Kier molecular flexibility index (Phi) is 6.72. The van der Waals surface area contributed by atoms with Crippen LogP contribution in [0.5, 0.6) is 0 Å². The summed E-state index contributed by atoms with van der Waals surface area (Å²) in [5.74, 6) is -0.316. The second-order valence-electron chi connectivity index (χ2n) is 3.96. The fourth-order valence-corrected chi connectivity index (χ4v) is 1.33. The number of rotatable bonds is 6. The highest BCUT2D eigenvalue weighted by Crippen LogP contribution is 2.03. The van der Waals surface area contributed by atoms with Gasteiger partial charge in [0, 0.05) is 14.1 Å². The topological polar surface area (TPSA) is 49.9 Å². The first-order chi connectivity index (χ1) is 7.43. The van der Waals surface area contributed by atoms with Crippen LogP contribution >= 0.6 is 0 Å². The van der Waals surface area contributed by atoms with E-state index in [9.17, 15) is 9.59 Å². The molecule has 5 heteroatoms. The zero-order chi connectivity index (χ0) is 12.7. The number of hydrogen-bond donors (Lipinski definition) is 0. The number of nitrogens with zero attached hydrogens (tertiary/aromatic N) is 2. The third kappa shape index (κ3) is 4.61. The molecule has 1 amide bonds. The van der Waals surface area contributed by atoms with Gasteiger partial charge in [0.2, 0.25) is 5.91 Å². The van der Waals surface area contributed by atoms with Crippen molar-refractivity contribution in [2.45, 2.75) is 26.3 Å². The second kappa shape index (κ2) is 7.22. The lowest BCUT2D eigenvalue weighted by Crippen LogP contribution is -2.45. The average Bonchev–Trinajstić information content (AvgIpc) is 2.26. The summed E-state index contributed by atoms with van der Waals surface area (Å²) in [7, 11) is 4.77. The molecular weight excluding hydrogens is 208 g/mol. The fourth-order valence-electron chi connectivity index (χ4n) is 1.33. The van der Waals surface area contributed by atoms with Crippen molar-refractivity contribution in [2.75, 3.05) is 34.3 Å². The molecule has 0 saturated heterocycles. The van der Waals surface area contributed by atoms with Crippen molar-refractivity contribution in [2.24, 2.45) is 0 Å². The number of hydrogen-bond acceptors (Lipinski definition) is 4. The van der Waals surface area contributed by atoms with Gasteiger partial charge >= 0.3 is 5.97 Å². The molecule has 16 heavy (non-hydrogen) atoms. The maximum Gasteiger partial charge on any atom is 0.322 e. The normalized spacial score (nSPS) is 12.4. The van der Waals surface area contributed by atoms with Gasteiger partial charge in [-0.1, -0.05) is 6.92 Å². The quantitative estimate of drug-likeness (QED) is 0.618. The molecule has 0 aliphatic carbocycles. The van der Waals surface area contributed by atoms with Crippen LogP contribution in [0.3, 0.4) is 0 Å². The molecule has 0 aromatic heterocycles. The van der Waals surface area contributed by atoms with Gasteiger partial charge < -0.3 is 9.64 Å². The van der Waals surface area contributed by atoms with E-state index in [1.54, 1.807) is 21.0 Å². The summed E-state index contributed by atoms with van der Waals surface area (Å²) in [4.78, 5) is 26.3. The Morgan fingerprint density at radius 1 is 1.31 bits per heavy atom. The van der Waals surface area contributed by atoms with Gasteiger partial charge in [-0.15, -0.1) is 0 Å². The van der Waals surface area contributed by atoms with Crippen LogP contribution < -0.4 is 0 Å². The lowest BCUT2D eigenvalue weighted by molar-refractivity contribution is -0.147. The molecule has 0 fully saturated rings. The summed E-state index contributed by atoms with van der Waals surface area (Å²) >= 11 is 0. The van der Waals surface area contributed by atoms with E-state index in [0.717, 1.165) is 6.42 Å². The maximum absolute atomic E-state index is 11.6. The minimum Gasteiger partial charge on any atom is -0.468 e. The van der Waals surface area contributed by atoms with Crippen LogP contribution in [0.4, 0.5) is 0 Å². The molecule has 0 heterocycles. The minimum atomic E-state index is -0.381. The van der Waals surface area contributed by atoms with Crippen molar-refractivity contribution >= 4 is 11.9 Å². The van der Waals surface area contributed by atoms with Crippen molar-refractivity contribution in [1.82, 2.24) is 9.80 Å². The Balaban J connectivity index is 4.48. The van der Waals surface area contributed by atoms with Crippen LogP contribution in [0.1, 0.15) is 20.3 Å². The molecule has 0 rings (SSSR count). The van der Waals surface area contributed by atoms with Crippen molar-refractivity contribution in [3.63, 3.8) is 0 Å². The average molecular weight is 230 g/mol. The second-order valence-corrected chi connectivity index (χ2v) is 3.96. The third-order valence-corrected chi connectivity index (χ3v) is 2.44. The first kappa shape index (κ1) is 14.9. The van der Waals surface area contributed by atoms with E-state index in [1.807, 2.05) is 11.8 Å². The molecule has 0 aromatic rings. The number of carbonyl (C=O) groups is 2. The standard InChI is InChI=1S/C11H22N2O3/c1-6-7-13(8-10(14)12(3)4)9(2)11(15)16-5/h9H,6-8H2,1-5H3. The monoisotopic (exact) mass is 230 g/mol. The highest BCUT2D eigenvalue weighted by atomic mass is 16.5. The molecule has 0 saturated carbocycles. The van der Waals surface area contributed by atoms with Gasteiger partial charge in [-0.05, 0) is 19.9 Å². The van der Waals surface area contributed by atoms with Crippen LogP contribution in [0.2, 0.25) is 0 Å². The van der Waals surface area contributed by atoms with Gasteiger partial charge in [0.25, 0.3) is 0 Å². The first-order valence-corrected chi connectivity index (χ1v) is 5.46. The molecule has 0 N–H and O–H groups in total. The SMILES string of the molecule is CCCN(CC(=O)N(C)C)C(C)C(=O)OC. The lowest BCUT2D eigenvalue weighted by atomic mass is 10.2. The van der Waals surface area contributed by atoms with Gasteiger partial charge in [0.1, 0.15) is 6.04 Å². The molecule has 94 valence electrons. The van der Waals surface area contributed by atoms with Gasteiger partial charge in [0.15, 0.2) is 0 Å². The number of carbonyl (C=O) groups excluding carboxylic acids is 2. The zero-order valence-corrected chi connectivity index (χ0v) is 10.8. The molecule has 0 radical (unpaired) electrons. The van der Waals surface area contributed by atoms with Gasteiger partial charge in [-0.25, -0.2) is 0 Å². The van der Waals surface area contributed by atoms with Crippen molar-refractivity contribution in [3.8, 4) is 0 Å². The van der Waals surface area contributed by atoms with Crippen molar-refractivity contribution in [3.05, 3.63) is 0 Å². The molecule has 5 nitrogen and oxygen atoms in total. The van der Waals surface area contributed by atoms with Gasteiger partial charge in [-0.2, -0.15) is 0 Å². The third-order valence-electron chi connectivity index (χ3n) is 2.44. The van der Waals surface area contributed by atoms with E-state index in [1.165, 1.54) is 12.0 Å². The fraction of sp³-hybridized carbons (Fsp3) is 0.818. The molecule has 1 unspecified atom stereocenters. The first-order valence-electron chi connectivity index (χ1n) is 5.46. The van der Waals surface area contributed by atoms with E-state index in [0.29, 0.717) is 6.54 Å². The molecule has 0 aromatic carbocycles. The number of likely N-dealkylation sites (N-methyl/N-ethyl adjacent to an activating group) is 1. The summed E-state index contributed by atoms with van der Waals surface area (Å²) in [5.41, 5.74) is 0. The van der Waals surface area contributed by atoms with E-state index in [2.05, 4.69) is 4.74 Å². The van der Waals surface area contributed by atoms with Crippen molar-refractivity contribution in [1.29, 1.82) is 0 Å². The van der Waals surface area contributed by atoms with Crippen molar-refractivity contribution < 1.29 is 14.3 Å². The Hall–Kier alpha value is -1.10. The summed E-state index contributed by atoms with van der Waals surface area (Å²) in [6, 6.07) is -0.381. The maximum atomic E-state index is 11.6. The summed E-state index contributed by atoms with van der Waals surface area (Å²) in [6.07, 6.45) is 0.891. The Bertz CT molecular complexity index is 241. The summed E-state index contributed by atoms with van der Waals surface area (Å²) in [5, 5.41) is 0. The minimum absolute atomic E-state index is 0.01000. The van der Waals surface area contributed by atoms with Gasteiger partial charge in [0.05, 0.1) is 13.7 Å². The number of ether oxygens (including phenoxy) is 1. The van der Waals surface area contributed by atoms with Crippen LogP contribution in [0, 0.1) is 0 Å². The predicted molar refractivity (Wildman–Crippen MR) is 62.0 cm³/mol. The van der Waals surface area contributed by atoms with Gasteiger partial charge in [-0.3, -0.25) is 14.5 Å². The van der Waals surface area contributed by atoms with Crippen LogP contribution in [0.15, 0.2) is 0 Å². The number of amides is 1. The number of esters is 1. The summed E-state index contributed by atoms with van der Waals surface area (Å²) < 4.78 is 4.68. The Morgan fingerprint density at radius 2 is 1.88 bits per heavy atom. The van der Waals surface area contributed by atoms with Crippen LogP contribution in [0.25, 0.3) is 0 Å². The largest absolute Gasteiger partial charge is 0.468 e. The molecule has 0 aliphatic rings. The van der Waals surface area contributed by atoms with E-state index in [-0.39, 0.29) is 24.5 Å². The highest BCUT2D eigenvalue weighted by molar-refractivity contribution is 5.80. The number of methoxy groups -OCH3 is 1. The molecular formula is C11H22N2O3. The molecule has 0 bridgehead atoms. The van der Waals surface area contributed by atoms with Crippen LogP contribution in [-0.2, 0) is 14.3 Å². The van der Waals surface area contributed by atoms with E-state index < -0.39 is 0 Å². The smallest absolute Gasteiger partial charge is 0.322 e. The van der Waals surface area contributed by atoms with E-state index >= 15 is 0 Å². The zero-order valence-electron chi connectivity index (χ0n) is 10.8. The highest BCUT2D eigenvalue weighted by Gasteiger charge is 2.23. The summed E-state index contributed by atoms with van der Waals surface area (Å²) in [6.45, 7) is 4.72. The van der Waals surface area contributed by atoms with Crippen LogP contribution in [-0.4, -0.2) is 62.0 Å².